The summed E-state index contributed by atoms with van der Waals surface area (Å²) in [5.41, 5.74) is 1.65. The summed E-state index contributed by atoms with van der Waals surface area (Å²) >= 11 is 0.928. The molecule has 3 aromatic carbocycles. The van der Waals surface area contributed by atoms with Crippen molar-refractivity contribution in [1.82, 2.24) is 4.90 Å². The SMILES string of the molecule is CC(=O)Oc1ccc(/C=C2/SC(=O)N(Cc3ccc4ccccc4c3)C2=O)cc1. The number of hydrogen-bond donors (Lipinski definition) is 0. The summed E-state index contributed by atoms with van der Waals surface area (Å²) in [6, 6.07) is 20.6. The number of carbonyl (C=O) groups excluding carboxylic acids is 3. The highest BCUT2D eigenvalue weighted by molar-refractivity contribution is 8.18. The summed E-state index contributed by atoms with van der Waals surface area (Å²) in [4.78, 5) is 37.8. The number of amides is 2. The Balaban J connectivity index is 1.51. The van der Waals surface area contributed by atoms with Crippen LogP contribution in [0.5, 0.6) is 5.75 Å². The van der Waals surface area contributed by atoms with E-state index in [1.54, 1.807) is 30.3 Å². The zero-order valence-corrected chi connectivity index (χ0v) is 16.4. The maximum atomic E-state index is 12.7. The molecule has 29 heavy (non-hydrogen) atoms. The molecule has 0 aromatic heterocycles. The van der Waals surface area contributed by atoms with Crippen molar-refractivity contribution in [2.75, 3.05) is 0 Å². The fourth-order valence-electron chi connectivity index (χ4n) is 3.11. The van der Waals surface area contributed by atoms with Crippen LogP contribution in [0.15, 0.2) is 71.6 Å². The van der Waals surface area contributed by atoms with Crippen molar-refractivity contribution >= 4 is 45.7 Å². The van der Waals surface area contributed by atoms with Crippen LogP contribution in [-0.4, -0.2) is 22.0 Å². The van der Waals surface area contributed by atoms with Gasteiger partial charge in [0.25, 0.3) is 11.1 Å². The van der Waals surface area contributed by atoms with Crippen molar-refractivity contribution in [2.24, 2.45) is 0 Å². The van der Waals surface area contributed by atoms with Crippen LogP contribution in [0.3, 0.4) is 0 Å². The van der Waals surface area contributed by atoms with Crippen molar-refractivity contribution in [2.45, 2.75) is 13.5 Å². The molecule has 6 heteroatoms. The van der Waals surface area contributed by atoms with Gasteiger partial charge in [0.1, 0.15) is 5.75 Å². The van der Waals surface area contributed by atoms with Crippen molar-refractivity contribution < 1.29 is 19.1 Å². The summed E-state index contributed by atoms with van der Waals surface area (Å²) in [7, 11) is 0. The number of rotatable bonds is 4. The molecule has 1 aliphatic heterocycles. The van der Waals surface area contributed by atoms with Gasteiger partial charge in [0, 0.05) is 6.92 Å². The quantitative estimate of drug-likeness (QED) is 0.348. The average molecular weight is 403 g/mol. The topological polar surface area (TPSA) is 63.7 Å². The molecule has 0 saturated carbocycles. The molecule has 0 unspecified atom stereocenters. The van der Waals surface area contributed by atoms with Crippen LogP contribution in [0.2, 0.25) is 0 Å². The molecule has 2 amide bonds. The molecule has 4 rings (SSSR count). The van der Waals surface area contributed by atoms with E-state index in [1.807, 2.05) is 42.5 Å². The number of benzene rings is 3. The molecule has 0 bridgehead atoms. The van der Waals surface area contributed by atoms with Gasteiger partial charge in [0.05, 0.1) is 11.4 Å². The molecular weight excluding hydrogens is 386 g/mol. The monoisotopic (exact) mass is 403 g/mol. The Hall–Kier alpha value is -3.38. The molecule has 1 saturated heterocycles. The second-order valence-corrected chi connectivity index (χ2v) is 7.61. The predicted octanol–water partition coefficient (Wildman–Crippen LogP) is 5.00. The van der Waals surface area contributed by atoms with E-state index in [-0.39, 0.29) is 17.7 Å². The van der Waals surface area contributed by atoms with Gasteiger partial charge in [-0.1, -0.05) is 48.5 Å². The summed E-state index contributed by atoms with van der Waals surface area (Å²) in [5, 5.41) is 1.90. The zero-order chi connectivity index (χ0) is 20.4. The Morgan fingerprint density at radius 1 is 1.00 bits per heavy atom. The summed E-state index contributed by atoms with van der Waals surface area (Å²) in [6.45, 7) is 1.57. The first-order valence-corrected chi connectivity index (χ1v) is 9.83. The Morgan fingerprint density at radius 3 is 2.45 bits per heavy atom. The maximum Gasteiger partial charge on any atom is 0.308 e. The molecule has 0 aliphatic carbocycles. The molecule has 0 radical (unpaired) electrons. The van der Waals surface area contributed by atoms with E-state index in [0.29, 0.717) is 10.7 Å². The predicted molar refractivity (Wildman–Crippen MR) is 113 cm³/mol. The van der Waals surface area contributed by atoms with Gasteiger partial charge in [-0.05, 0) is 57.9 Å². The van der Waals surface area contributed by atoms with E-state index < -0.39 is 5.97 Å². The number of nitrogens with zero attached hydrogens (tertiary/aromatic N) is 1. The van der Waals surface area contributed by atoms with Crippen molar-refractivity contribution in [1.29, 1.82) is 0 Å². The molecule has 3 aromatic rings. The molecule has 0 atom stereocenters. The van der Waals surface area contributed by atoms with Gasteiger partial charge in [-0.3, -0.25) is 19.3 Å². The number of hydrogen-bond acceptors (Lipinski definition) is 5. The number of thioether (sulfide) groups is 1. The summed E-state index contributed by atoms with van der Waals surface area (Å²) in [6.07, 6.45) is 1.67. The normalized spacial score (nSPS) is 15.3. The van der Waals surface area contributed by atoms with Crippen LogP contribution in [0.25, 0.3) is 16.8 Å². The molecule has 5 nitrogen and oxygen atoms in total. The number of carbonyl (C=O) groups is 3. The first kappa shape index (κ1) is 19.0. The van der Waals surface area contributed by atoms with Crippen LogP contribution in [0, 0.1) is 0 Å². The minimum Gasteiger partial charge on any atom is -0.427 e. The molecule has 0 N–H and O–H groups in total. The lowest BCUT2D eigenvalue weighted by atomic mass is 10.1. The van der Waals surface area contributed by atoms with E-state index in [9.17, 15) is 14.4 Å². The Bertz CT molecular complexity index is 1150. The van der Waals surface area contributed by atoms with Crippen LogP contribution >= 0.6 is 11.8 Å². The number of esters is 1. The lowest BCUT2D eigenvalue weighted by Gasteiger charge is -2.13. The van der Waals surface area contributed by atoms with Gasteiger partial charge < -0.3 is 4.74 Å². The lowest BCUT2D eigenvalue weighted by Crippen LogP contribution is -2.27. The van der Waals surface area contributed by atoms with Crippen LogP contribution < -0.4 is 4.74 Å². The Kier molecular flexibility index (Phi) is 5.18. The third-order valence-electron chi connectivity index (χ3n) is 4.47. The second kappa shape index (κ2) is 7.93. The van der Waals surface area contributed by atoms with E-state index in [4.69, 9.17) is 4.74 Å². The van der Waals surface area contributed by atoms with Gasteiger partial charge >= 0.3 is 5.97 Å². The summed E-state index contributed by atoms with van der Waals surface area (Å²) in [5.74, 6) is -0.274. The summed E-state index contributed by atoms with van der Waals surface area (Å²) < 4.78 is 5.00. The maximum absolute atomic E-state index is 12.7. The Labute approximate surface area is 172 Å². The number of ether oxygens (including phenoxy) is 1. The van der Waals surface area contributed by atoms with Gasteiger partial charge in [-0.25, -0.2) is 0 Å². The molecular formula is C23H17NO4S. The minimum atomic E-state index is -0.396. The van der Waals surface area contributed by atoms with E-state index >= 15 is 0 Å². The van der Waals surface area contributed by atoms with E-state index in [0.717, 1.165) is 33.7 Å². The largest absolute Gasteiger partial charge is 0.427 e. The molecule has 0 spiro atoms. The number of imide groups is 1. The lowest BCUT2D eigenvalue weighted by molar-refractivity contribution is -0.131. The van der Waals surface area contributed by atoms with Crippen LogP contribution in [0.4, 0.5) is 4.79 Å². The van der Waals surface area contributed by atoms with Gasteiger partial charge in [-0.2, -0.15) is 0 Å². The standard InChI is InChI=1S/C23H17NO4S/c1-15(25)28-20-10-7-16(8-11-20)13-21-22(26)24(23(27)29-21)14-17-6-9-18-4-2-3-5-19(18)12-17/h2-13H,14H2,1H3/b21-13+. The van der Waals surface area contributed by atoms with Gasteiger partial charge in [0.15, 0.2) is 0 Å². The van der Waals surface area contributed by atoms with E-state index in [2.05, 4.69) is 0 Å². The van der Waals surface area contributed by atoms with Crippen LogP contribution in [-0.2, 0) is 16.1 Å². The average Bonchev–Trinajstić information content (AvgIpc) is 2.96. The zero-order valence-electron chi connectivity index (χ0n) is 15.6. The highest BCUT2D eigenvalue weighted by atomic mass is 32.2. The van der Waals surface area contributed by atoms with Crippen molar-refractivity contribution in [3.63, 3.8) is 0 Å². The first-order chi connectivity index (χ1) is 14.0. The first-order valence-electron chi connectivity index (χ1n) is 9.01. The van der Waals surface area contributed by atoms with Crippen molar-refractivity contribution in [3.05, 3.63) is 82.8 Å². The van der Waals surface area contributed by atoms with Gasteiger partial charge in [-0.15, -0.1) is 0 Å². The smallest absolute Gasteiger partial charge is 0.308 e. The third-order valence-corrected chi connectivity index (χ3v) is 5.37. The Morgan fingerprint density at radius 2 is 1.72 bits per heavy atom. The second-order valence-electron chi connectivity index (χ2n) is 6.61. The van der Waals surface area contributed by atoms with Gasteiger partial charge in [0.2, 0.25) is 0 Å². The fraction of sp³-hybridized carbons (Fsp3) is 0.0870. The molecule has 1 fully saturated rings. The highest BCUT2D eigenvalue weighted by Gasteiger charge is 2.34. The highest BCUT2D eigenvalue weighted by Crippen LogP contribution is 2.33. The molecule has 1 aliphatic rings. The van der Waals surface area contributed by atoms with E-state index in [1.165, 1.54) is 11.8 Å². The number of fused-ring (bicyclic) bond motifs is 1. The molecule has 144 valence electrons. The minimum absolute atomic E-state index is 0.234. The van der Waals surface area contributed by atoms with Crippen molar-refractivity contribution in [3.8, 4) is 5.75 Å². The third kappa shape index (κ3) is 4.22. The molecule has 1 heterocycles. The van der Waals surface area contributed by atoms with Crippen LogP contribution in [0.1, 0.15) is 18.1 Å². The fourth-order valence-corrected chi connectivity index (χ4v) is 3.94.